The van der Waals surface area contributed by atoms with Gasteiger partial charge in [-0.15, -0.1) is 0 Å². The number of ether oxygens (including phenoxy) is 2. The minimum absolute atomic E-state index is 0.249. The summed E-state index contributed by atoms with van der Waals surface area (Å²) >= 11 is 0.826. The molecule has 1 aromatic rings. The van der Waals surface area contributed by atoms with Crippen molar-refractivity contribution in [3.05, 3.63) is 33.7 Å². The summed E-state index contributed by atoms with van der Waals surface area (Å²) in [6.07, 6.45) is 1.69. The van der Waals surface area contributed by atoms with Gasteiger partial charge in [0.05, 0.1) is 18.6 Å². The molecule has 1 heterocycles. The van der Waals surface area contributed by atoms with E-state index in [2.05, 4.69) is 18.6 Å². The van der Waals surface area contributed by atoms with E-state index in [0.717, 1.165) is 39.1 Å². The van der Waals surface area contributed by atoms with E-state index in [1.165, 1.54) is 7.11 Å². The monoisotopic (exact) mass is 377 g/mol. The zero-order valence-electron chi connectivity index (χ0n) is 15.6. The van der Waals surface area contributed by atoms with Crippen molar-refractivity contribution in [3.63, 3.8) is 0 Å². The van der Waals surface area contributed by atoms with E-state index in [9.17, 15) is 14.4 Å². The summed E-state index contributed by atoms with van der Waals surface area (Å²) in [5.41, 5.74) is 2.83. The van der Waals surface area contributed by atoms with Gasteiger partial charge < -0.3 is 9.47 Å². The fraction of sp³-hybridized carbons (Fsp3) is 0.421. The molecule has 0 bridgehead atoms. The highest BCUT2D eigenvalue weighted by molar-refractivity contribution is 8.18. The Kier molecular flexibility index (Phi) is 6.47. The summed E-state index contributed by atoms with van der Waals surface area (Å²) in [6, 6.07) is 3.93. The first kappa shape index (κ1) is 20.0. The van der Waals surface area contributed by atoms with E-state index in [1.54, 1.807) is 6.08 Å². The number of aryl methyl sites for hydroxylation is 1. The van der Waals surface area contributed by atoms with Crippen LogP contribution in [0.2, 0.25) is 0 Å². The van der Waals surface area contributed by atoms with Gasteiger partial charge in [0, 0.05) is 0 Å². The number of imide groups is 1. The normalized spacial score (nSPS) is 15.9. The quantitative estimate of drug-likeness (QED) is 0.556. The van der Waals surface area contributed by atoms with Gasteiger partial charge in [-0.1, -0.05) is 13.8 Å². The summed E-state index contributed by atoms with van der Waals surface area (Å²) < 4.78 is 10.2. The highest BCUT2D eigenvalue weighted by Gasteiger charge is 2.36. The second kappa shape index (κ2) is 8.40. The fourth-order valence-corrected chi connectivity index (χ4v) is 3.40. The number of methoxy groups -OCH3 is 1. The Morgan fingerprint density at radius 2 is 2.00 bits per heavy atom. The molecule has 1 saturated heterocycles. The second-order valence-electron chi connectivity index (χ2n) is 6.18. The zero-order valence-corrected chi connectivity index (χ0v) is 16.4. The van der Waals surface area contributed by atoms with E-state index in [-0.39, 0.29) is 12.5 Å². The SMILES string of the molecule is CCOc1cc(C)c(/C=C2\SC(=O)N(CC(=O)OC)C2=O)cc1C(C)C. The maximum Gasteiger partial charge on any atom is 0.325 e. The van der Waals surface area contributed by atoms with E-state index in [0.29, 0.717) is 11.5 Å². The van der Waals surface area contributed by atoms with Crippen LogP contribution in [0.1, 0.15) is 43.4 Å². The molecule has 7 heteroatoms. The predicted octanol–water partition coefficient (Wildman–Crippen LogP) is 3.73. The summed E-state index contributed by atoms with van der Waals surface area (Å²) in [5, 5.41) is -0.473. The number of nitrogens with zero attached hydrogens (tertiary/aromatic N) is 1. The Balaban J connectivity index is 2.37. The van der Waals surface area contributed by atoms with Crippen LogP contribution in [0.15, 0.2) is 17.0 Å². The molecule has 0 atom stereocenters. The van der Waals surface area contributed by atoms with Crippen LogP contribution in [0.25, 0.3) is 6.08 Å². The van der Waals surface area contributed by atoms with Gasteiger partial charge in [-0.3, -0.25) is 19.3 Å². The van der Waals surface area contributed by atoms with Crippen molar-refractivity contribution in [1.82, 2.24) is 4.90 Å². The van der Waals surface area contributed by atoms with E-state index in [1.807, 2.05) is 26.0 Å². The second-order valence-corrected chi connectivity index (χ2v) is 7.17. The largest absolute Gasteiger partial charge is 0.494 e. The van der Waals surface area contributed by atoms with Crippen LogP contribution in [-0.2, 0) is 14.3 Å². The van der Waals surface area contributed by atoms with Gasteiger partial charge in [0.1, 0.15) is 12.3 Å². The Morgan fingerprint density at radius 3 is 2.58 bits per heavy atom. The van der Waals surface area contributed by atoms with Crippen molar-refractivity contribution in [1.29, 1.82) is 0 Å². The van der Waals surface area contributed by atoms with Crippen molar-refractivity contribution in [2.75, 3.05) is 20.3 Å². The molecule has 0 spiro atoms. The molecule has 0 saturated carbocycles. The third kappa shape index (κ3) is 4.27. The molecule has 140 valence electrons. The number of rotatable bonds is 6. The Morgan fingerprint density at radius 1 is 1.31 bits per heavy atom. The molecule has 1 aromatic carbocycles. The summed E-state index contributed by atoms with van der Waals surface area (Å²) in [7, 11) is 1.22. The van der Waals surface area contributed by atoms with Gasteiger partial charge in [-0.2, -0.15) is 0 Å². The average Bonchev–Trinajstić information content (AvgIpc) is 2.84. The van der Waals surface area contributed by atoms with Gasteiger partial charge in [0.2, 0.25) is 0 Å². The molecule has 1 aliphatic heterocycles. The van der Waals surface area contributed by atoms with E-state index < -0.39 is 17.1 Å². The lowest BCUT2D eigenvalue weighted by Crippen LogP contribution is -2.34. The first-order valence-electron chi connectivity index (χ1n) is 8.38. The highest BCUT2D eigenvalue weighted by atomic mass is 32.2. The van der Waals surface area contributed by atoms with E-state index in [4.69, 9.17) is 4.74 Å². The maximum atomic E-state index is 12.5. The summed E-state index contributed by atoms with van der Waals surface area (Å²) in [6.45, 7) is 8.20. The molecule has 6 nitrogen and oxygen atoms in total. The maximum absolute atomic E-state index is 12.5. The lowest BCUT2D eigenvalue weighted by atomic mass is 9.96. The van der Waals surface area contributed by atoms with Crippen LogP contribution in [0, 0.1) is 6.92 Å². The minimum Gasteiger partial charge on any atom is -0.494 e. The fourth-order valence-electron chi connectivity index (χ4n) is 2.57. The minimum atomic E-state index is -0.632. The number of hydrogen-bond donors (Lipinski definition) is 0. The van der Waals surface area contributed by atoms with Crippen LogP contribution >= 0.6 is 11.8 Å². The van der Waals surface area contributed by atoms with Gasteiger partial charge in [-0.05, 0) is 66.4 Å². The number of esters is 1. The molecule has 0 unspecified atom stereocenters. The van der Waals surface area contributed by atoms with Crippen LogP contribution < -0.4 is 4.74 Å². The number of carbonyl (C=O) groups is 3. The molecule has 0 aromatic heterocycles. The summed E-state index contributed by atoms with van der Waals surface area (Å²) in [5.74, 6) is -0.0349. The third-order valence-electron chi connectivity index (χ3n) is 4.00. The van der Waals surface area contributed by atoms with Crippen molar-refractivity contribution in [2.24, 2.45) is 0 Å². The standard InChI is InChI=1S/C19H23NO5S/c1-6-25-15-7-12(4)13(8-14(15)11(2)3)9-16-18(22)20(19(23)26-16)10-17(21)24-5/h7-9,11H,6,10H2,1-5H3/b16-9-. The molecule has 2 rings (SSSR count). The van der Waals surface area contributed by atoms with Gasteiger partial charge in [0.15, 0.2) is 0 Å². The predicted molar refractivity (Wildman–Crippen MR) is 101 cm³/mol. The Hall–Kier alpha value is -2.28. The summed E-state index contributed by atoms with van der Waals surface area (Å²) in [4.78, 5) is 37.1. The Bertz CT molecular complexity index is 769. The van der Waals surface area contributed by atoms with E-state index >= 15 is 0 Å². The highest BCUT2D eigenvalue weighted by Crippen LogP contribution is 2.35. The first-order chi connectivity index (χ1) is 12.3. The number of carbonyl (C=O) groups excluding carboxylic acids is 3. The number of amides is 2. The molecule has 0 aliphatic carbocycles. The zero-order chi connectivity index (χ0) is 19.4. The molecular weight excluding hydrogens is 354 g/mol. The average molecular weight is 377 g/mol. The molecule has 0 N–H and O–H groups in total. The lowest BCUT2D eigenvalue weighted by molar-refractivity contribution is -0.143. The van der Waals surface area contributed by atoms with Crippen molar-refractivity contribution >= 4 is 35.0 Å². The Labute approximate surface area is 157 Å². The molecule has 2 amide bonds. The van der Waals surface area contributed by atoms with Gasteiger partial charge in [-0.25, -0.2) is 0 Å². The van der Waals surface area contributed by atoms with Crippen LogP contribution in [0.4, 0.5) is 4.79 Å². The van der Waals surface area contributed by atoms with Crippen molar-refractivity contribution in [3.8, 4) is 5.75 Å². The topological polar surface area (TPSA) is 72.9 Å². The molecular formula is C19H23NO5S. The number of hydrogen-bond acceptors (Lipinski definition) is 6. The first-order valence-corrected chi connectivity index (χ1v) is 9.19. The molecule has 1 fully saturated rings. The smallest absolute Gasteiger partial charge is 0.325 e. The van der Waals surface area contributed by atoms with Gasteiger partial charge >= 0.3 is 5.97 Å². The molecule has 0 radical (unpaired) electrons. The van der Waals surface area contributed by atoms with Gasteiger partial charge in [0.25, 0.3) is 11.1 Å². The third-order valence-corrected chi connectivity index (χ3v) is 4.90. The lowest BCUT2D eigenvalue weighted by Gasteiger charge is -2.16. The van der Waals surface area contributed by atoms with Crippen molar-refractivity contribution < 1.29 is 23.9 Å². The molecule has 1 aliphatic rings. The van der Waals surface area contributed by atoms with Crippen LogP contribution in [0.3, 0.4) is 0 Å². The molecule has 26 heavy (non-hydrogen) atoms. The number of benzene rings is 1. The van der Waals surface area contributed by atoms with Crippen molar-refractivity contribution in [2.45, 2.75) is 33.6 Å². The van der Waals surface area contributed by atoms with Crippen LogP contribution in [-0.4, -0.2) is 42.3 Å². The van der Waals surface area contributed by atoms with Crippen LogP contribution in [0.5, 0.6) is 5.75 Å². The number of thioether (sulfide) groups is 1.